The summed E-state index contributed by atoms with van der Waals surface area (Å²) in [6.07, 6.45) is 0. The first-order chi connectivity index (χ1) is 8.88. The number of nitrogens with one attached hydrogen (secondary N) is 1. The number of carbonyl (C=O) groups is 1. The maximum Gasteiger partial charge on any atom is 0.269 e. The Kier molecular flexibility index (Phi) is 4.19. The van der Waals surface area contributed by atoms with Gasteiger partial charge in [0.15, 0.2) is 0 Å². The lowest BCUT2D eigenvalue weighted by molar-refractivity contribution is 0.102. The van der Waals surface area contributed by atoms with Crippen molar-refractivity contribution in [3.8, 4) is 0 Å². The van der Waals surface area contributed by atoms with Crippen molar-refractivity contribution < 1.29 is 4.79 Å². The van der Waals surface area contributed by atoms with Crippen LogP contribution < -0.4 is 5.32 Å². The maximum absolute atomic E-state index is 12.3. The van der Waals surface area contributed by atoms with E-state index < -0.39 is 0 Å². The molecule has 0 fully saturated rings. The van der Waals surface area contributed by atoms with Crippen LogP contribution in [0.3, 0.4) is 0 Å². The predicted octanol–water partition coefficient (Wildman–Crippen LogP) is 3.69. The van der Waals surface area contributed by atoms with Gasteiger partial charge in [0.1, 0.15) is 4.88 Å². The molecule has 1 amide bonds. The molecule has 2 rings (SSSR count). The molecule has 1 aromatic carbocycles. The number of rotatable bonds is 2. The van der Waals surface area contributed by atoms with Crippen LogP contribution in [-0.2, 0) is 5.41 Å². The van der Waals surface area contributed by atoms with E-state index >= 15 is 0 Å². The standard InChI is InChI=1S/C13H14IN3OS/c1-13(2,3)11-10(19-17-16-11)12(18)15-9-6-4-5-8(14)7-9/h4-7H,1-3H3,(H,15,18). The Balaban J connectivity index is 2.24. The monoisotopic (exact) mass is 387 g/mol. The van der Waals surface area contributed by atoms with E-state index in [4.69, 9.17) is 0 Å². The molecule has 0 radical (unpaired) electrons. The molecule has 1 aromatic heterocycles. The molecule has 0 unspecified atom stereocenters. The van der Waals surface area contributed by atoms with Gasteiger partial charge in [0.05, 0.1) is 5.69 Å². The normalized spacial score (nSPS) is 11.4. The maximum atomic E-state index is 12.3. The van der Waals surface area contributed by atoms with Crippen molar-refractivity contribution in [2.45, 2.75) is 26.2 Å². The molecule has 0 saturated heterocycles. The highest BCUT2D eigenvalue weighted by atomic mass is 127. The Hall–Kier alpha value is -1.02. The molecule has 1 N–H and O–H groups in total. The van der Waals surface area contributed by atoms with Crippen molar-refractivity contribution >= 4 is 45.7 Å². The molecular weight excluding hydrogens is 373 g/mol. The van der Waals surface area contributed by atoms with Crippen LogP contribution in [0.15, 0.2) is 24.3 Å². The zero-order valence-corrected chi connectivity index (χ0v) is 13.9. The second kappa shape index (κ2) is 5.54. The number of amides is 1. The second-order valence-corrected chi connectivity index (χ2v) is 7.16. The van der Waals surface area contributed by atoms with Crippen LogP contribution in [0.1, 0.15) is 36.1 Å². The average molecular weight is 387 g/mol. The molecule has 0 aliphatic rings. The summed E-state index contributed by atoms with van der Waals surface area (Å²) in [5, 5.41) is 6.96. The molecule has 0 atom stereocenters. The lowest BCUT2D eigenvalue weighted by Crippen LogP contribution is -2.19. The number of aromatic nitrogens is 2. The fourth-order valence-electron chi connectivity index (χ4n) is 1.58. The molecule has 100 valence electrons. The molecule has 0 saturated carbocycles. The third kappa shape index (κ3) is 3.50. The van der Waals surface area contributed by atoms with E-state index in [1.165, 1.54) is 0 Å². The van der Waals surface area contributed by atoms with Gasteiger partial charge < -0.3 is 5.32 Å². The van der Waals surface area contributed by atoms with Crippen molar-refractivity contribution in [2.75, 3.05) is 5.32 Å². The minimum Gasteiger partial charge on any atom is -0.321 e. The van der Waals surface area contributed by atoms with E-state index in [9.17, 15) is 4.79 Å². The third-order valence-corrected chi connectivity index (χ3v) is 3.88. The van der Waals surface area contributed by atoms with E-state index in [0.29, 0.717) is 4.88 Å². The minimum absolute atomic E-state index is 0.151. The van der Waals surface area contributed by atoms with Gasteiger partial charge in [-0.05, 0) is 52.3 Å². The van der Waals surface area contributed by atoms with Gasteiger partial charge in [-0.15, -0.1) is 5.10 Å². The third-order valence-electron chi connectivity index (χ3n) is 2.49. The van der Waals surface area contributed by atoms with Crippen LogP contribution in [0.25, 0.3) is 0 Å². The molecule has 0 bridgehead atoms. The van der Waals surface area contributed by atoms with E-state index in [0.717, 1.165) is 26.5 Å². The highest BCUT2D eigenvalue weighted by molar-refractivity contribution is 14.1. The van der Waals surface area contributed by atoms with Gasteiger partial charge in [0.25, 0.3) is 5.91 Å². The number of hydrogen-bond donors (Lipinski definition) is 1. The van der Waals surface area contributed by atoms with Gasteiger partial charge in [0.2, 0.25) is 0 Å². The van der Waals surface area contributed by atoms with E-state index in [2.05, 4.69) is 37.5 Å². The van der Waals surface area contributed by atoms with E-state index in [1.807, 2.05) is 45.0 Å². The Labute approximate surface area is 129 Å². The van der Waals surface area contributed by atoms with Gasteiger partial charge in [-0.3, -0.25) is 4.79 Å². The molecule has 4 nitrogen and oxygen atoms in total. The van der Waals surface area contributed by atoms with Gasteiger partial charge in [-0.1, -0.05) is 31.3 Å². The van der Waals surface area contributed by atoms with Crippen LogP contribution in [0, 0.1) is 3.57 Å². The summed E-state index contributed by atoms with van der Waals surface area (Å²) in [6, 6.07) is 7.67. The van der Waals surface area contributed by atoms with Crippen LogP contribution in [0.5, 0.6) is 0 Å². The SMILES string of the molecule is CC(C)(C)c1nnsc1C(=O)Nc1cccc(I)c1. The molecular formula is C13H14IN3OS. The smallest absolute Gasteiger partial charge is 0.269 e. The summed E-state index contributed by atoms with van der Waals surface area (Å²) in [7, 11) is 0. The van der Waals surface area contributed by atoms with E-state index in [1.54, 1.807) is 0 Å². The van der Waals surface area contributed by atoms with Crippen molar-refractivity contribution in [2.24, 2.45) is 0 Å². The lowest BCUT2D eigenvalue weighted by Gasteiger charge is -2.16. The second-order valence-electron chi connectivity index (χ2n) is 5.17. The summed E-state index contributed by atoms with van der Waals surface area (Å²) in [4.78, 5) is 12.8. The number of carbonyl (C=O) groups excluding carboxylic acids is 1. The van der Waals surface area contributed by atoms with Crippen LogP contribution >= 0.6 is 34.1 Å². The molecule has 0 aliphatic heterocycles. The van der Waals surface area contributed by atoms with Crippen LogP contribution in [-0.4, -0.2) is 15.5 Å². The van der Waals surface area contributed by atoms with Crippen molar-refractivity contribution in [1.29, 1.82) is 0 Å². The molecule has 1 heterocycles. The highest BCUT2D eigenvalue weighted by Crippen LogP contribution is 2.26. The molecule has 6 heteroatoms. The quantitative estimate of drug-likeness (QED) is 0.800. The average Bonchev–Trinajstić information content (AvgIpc) is 2.77. The molecule has 0 spiro atoms. The van der Waals surface area contributed by atoms with Crippen molar-refractivity contribution in [3.63, 3.8) is 0 Å². The highest BCUT2D eigenvalue weighted by Gasteiger charge is 2.26. The van der Waals surface area contributed by atoms with Crippen molar-refractivity contribution in [1.82, 2.24) is 9.59 Å². The topological polar surface area (TPSA) is 54.9 Å². The largest absolute Gasteiger partial charge is 0.321 e. The zero-order valence-electron chi connectivity index (χ0n) is 10.9. The number of halogens is 1. The van der Waals surface area contributed by atoms with E-state index in [-0.39, 0.29) is 11.3 Å². The molecule has 2 aromatic rings. The number of hydrogen-bond acceptors (Lipinski definition) is 4. The summed E-state index contributed by atoms with van der Waals surface area (Å²) >= 11 is 3.34. The first-order valence-corrected chi connectivity index (χ1v) is 7.63. The zero-order chi connectivity index (χ0) is 14.0. The van der Waals surface area contributed by atoms with Gasteiger partial charge >= 0.3 is 0 Å². The first kappa shape index (κ1) is 14.4. The fourth-order valence-corrected chi connectivity index (χ4v) is 2.90. The Morgan fingerprint density at radius 2 is 2.11 bits per heavy atom. The van der Waals surface area contributed by atoms with Gasteiger partial charge in [0, 0.05) is 14.7 Å². The number of nitrogens with zero attached hydrogens (tertiary/aromatic N) is 2. The van der Waals surface area contributed by atoms with Crippen LogP contribution in [0.4, 0.5) is 5.69 Å². The lowest BCUT2D eigenvalue weighted by atomic mass is 9.91. The summed E-state index contributed by atoms with van der Waals surface area (Å²) in [5.41, 5.74) is 1.33. The minimum atomic E-state index is -0.190. The van der Waals surface area contributed by atoms with Gasteiger partial charge in [-0.2, -0.15) is 0 Å². The van der Waals surface area contributed by atoms with Crippen molar-refractivity contribution in [3.05, 3.63) is 38.4 Å². The summed E-state index contributed by atoms with van der Waals surface area (Å²) < 4.78 is 4.98. The van der Waals surface area contributed by atoms with Crippen LogP contribution in [0.2, 0.25) is 0 Å². The summed E-state index contributed by atoms with van der Waals surface area (Å²) in [5.74, 6) is -0.151. The molecule has 0 aliphatic carbocycles. The first-order valence-electron chi connectivity index (χ1n) is 5.77. The Bertz CT molecular complexity index is 604. The fraction of sp³-hybridized carbons (Fsp3) is 0.308. The summed E-state index contributed by atoms with van der Waals surface area (Å²) in [6.45, 7) is 6.06. The van der Waals surface area contributed by atoms with Gasteiger partial charge in [-0.25, -0.2) is 0 Å². The number of benzene rings is 1. The Morgan fingerprint density at radius 3 is 2.74 bits per heavy atom. The predicted molar refractivity (Wildman–Crippen MR) is 85.7 cm³/mol. The number of anilines is 1. The Morgan fingerprint density at radius 1 is 1.37 bits per heavy atom. The molecule has 19 heavy (non-hydrogen) atoms.